The van der Waals surface area contributed by atoms with Gasteiger partial charge in [-0.05, 0) is 41.7 Å². The summed E-state index contributed by atoms with van der Waals surface area (Å²) in [5.74, 6) is 0.524. The van der Waals surface area contributed by atoms with E-state index in [0.717, 1.165) is 17.2 Å². The smallest absolute Gasteiger partial charge is 0.267 e. The number of nitrogens with zero attached hydrogens (tertiary/aromatic N) is 1. The van der Waals surface area contributed by atoms with E-state index in [2.05, 4.69) is 9.97 Å². The molecule has 1 aliphatic heterocycles. The van der Waals surface area contributed by atoms with Gasteiger partial charge in [-0.2, -0.15) is 0 Å². The minimum Gasteiger partial charge on any atom is -0.493 e. The van der Waals surface area contributed by atoms with Crippen LogP contribution in [0.25, 0.3) is 10.9 Å². The summed E-state index contributed by atoms with van der Waals surface area (Å²) in [5.41, 5.74) is -0.922. The van der Waals surface area contributed by atoms with Crippen LogP contribution in [0.1, 0.15) is 37.1 Å². The number of alkyl halides is 2. The van der Waals surface area contributed by atoms with Gasteiger partial charge in [0.1, 0.15) is 11.4 Å². The van der Waals surface area contributed by atoms with E-state index in [9.17, 15) is 22.3 Å². The maximum atomic E-state index is 14.2. The largest absolute Gasteiger partial charge is 0.493 e. The standard InChI is InChI=1S/C23H26F2N2O4S/c1-22(2,18-10-17(32(3,29)30)9-15-5-7-31-20(15)18)13-23(28,21(24)25)11-16-8-14-4-6-26-12-19(14)27-16/h4,6,8-10,12,21,27-28H,5,7,11,13H2,1-3H3. The Morgan fingerprint density at radius 3 is 2.69 bits per heavy atom. The molecule has 0 spiro atoms. The van der Waals surface area contributed by atoms with E-state index in [4.69, 9.17) is 4.74 Å². The van der Waals surface area contributed by atoms with Gasteiger partial charge in [-0.3, -0.25) is 4.98 Å². The molecule has 0 amide bonds. The lowest BCUT2D eigenvalue weighted by molar-refractivity contribution is -0.110. The molecule has 2 N–H and O–H groups in total. The summed E-state index contributed by atoms with van der Waals surface area (Å²) in [6.45, 7) is 3.84. The van der Waals surface area contributed by atoms with Gasteiger partial charge in [0, 0.05) is 41.9 Å². The third kappa shape index (κ3) is 4.23. The van der Waals surface area contributed by atoms with Crippen LogP contribution in [0.3, 0.4) is 0 Å². The lowest BCUT2D eigenvalue weighted by Gasteiger charge is -2.37. The highest BCUT2D eigenvalue weighted by Gasteiger charge is 2.45. The Bertz CT molecular complexity index is 1240. The van der Waals surface area contributed by atoms with E-state index in [1.165, 1.54) is 6.07 Å². The lowest BCUT2D eigenvalue weighted by Crippen LogP contribution is -2.45. The van der Waals surface area contributed by atoms with Crippen molar-refractivity contribution in [2.24, 2.45) is 0 Å². The molecule has 1 unspecified atom stereocenters. The zero-order chi connectivity index (χ0) is 23.3. The second-order valence-corrected chi connectivity index (χ2v) is 11.2. The molecule has 0 saturated heterocycles. The molecule has 0 radical (unpaired) electrons. The minimum absolute atomic E-state index is 0.119. The van der Waals surface area contributed by atoms with Gasteiger partial charge >= 0.3 is 0 Å². The second-order valence-electron chi connectivity index (χ2n) is 9.23. The molecule has 1 atom stereocenters. The molecule has 3 aromatic rings. The van der Waals surface area contributed by atoms with E-state index < -0.39 is 27.3 Å². The number of aliphatic hydroxyl groups is 1. The molecule has 3 heterocycles. The Kier molecular flexibility index (Phi) is 5.53. The van der Waals surface area contributed by atoms with Gasteiger partial charge in [0.25, 0.3) is 6.43 Å². The first-order valence-corrected chi connectivity index (χ1v) is 12.2. The molecule has 0 fully saturated rings. The summed E-state index contributed by atoms with van der Waals surface area (Å²) in [5, 5.41) is 11.9. The molecule has 32 heavy (non-hydrogen) atoms. The number of sulfone groups is 1. The van der Waals surface area contributed by atoms with Gasteiger partial charge in [0.05, 0.1) is 23.2 Å². The summed E-state index contributed by atoms with van der Waals surface area (Å²) in [6.07, 6.45) is 1.26. The van der Waals surface area contributed by atoms with Crippen LogP contribution in [0.2, 0.25) is 0 Å². The van der Waals surface area contributed by atoms with E-state index in [1.54, 1.807) is 44.4 Å². The van der Waals surface area contributed by atoms with Crippen molar-refractivity contribution in [1.29, 1.82) is 0 Å². The summed E-state index contributed by atoms with van der Waals surface area (Å²) >= 11 is 0. The monoisotopic (exact) mass is 464 g/mol. The fourth-order valence-corrected chi connectivity index (χ4v) is 5.22. The van der Waals surface area contributed by atoms with Crippen LogP contribution in [-0.4, -0.2) is 48.4 Å². The number of pyridine rings is 1. The fraction of sp³-hybridized carbons (Fsp3) is 0.435. The summed E-state index contributed by atoms with van der Waals surface area (Å²) in [6, 6.07) is 6.55. The SMILES string of the molecule is CC(C)(CC(O)(Cc1cc2ccncc2[nH]1)C(F)F)c1cc(S(C)(=O)=O)cc2c1OCC2. The molecule has 0 aliphatic carbocycles. The van der Waals surface area contributed by atoms with Gasteiger partial charge in [-0.15, -0.1) is 0 Å². The van der Waals surface area contributed by atoms with Gasteiger partial charge in [-0.25, -0.2) is 17.2 Å². The molecule has 1 aromatic carbocycles. The number of hydrogen-bond acceptors (Lipinski definition) is 5. The second kappa shape index (κ2) is 7.81. The Morgan fingerprint density at radius 2 is 2.03 bits per heavy atom. The maximum absolute atomic E-state index is 14.2. The minimum atomic E-state index is -3.51. The Balaban J connectivity index is 1.72. The number of halogens is 2. The van der Waals surface area contributed by atoms with Crippen LogP contribution >= 0.6 is 0 Å². The zero-order valence-corrected chi connectivity index (χ0v) is 19.0. The van der Waals surface area contributed by atoms with E-state index in [0.29, 0.717) is 35.6 Å². The topological polar surface area (TPSA) is 92.3 Å². The van der Waals surface area contributed by atoms with Gasteiger partial charge < -0.3 is 14.8 Å². The van der Waals surface area contributed by atoms with E-state index in [1.807, 2.05) is 0 Å². The molecule has 9 heteroatoms. The van der Waals surface area contributed by atoms with Crippen LogP contribution in [0.4, 0.5) is 8.78 Å². The third-order valence-electron chi connectivity index (χ3n) is 6.05. The number of ether oxygens (including phenoxy) is 1. The Hall–Kier alpha value is -2.52. The number of hydrogen-bond donors (Lipinski definition) is 2. The molecule has 0 bridgehead atoms. The number of aromatic amines is 1. The number of nitrogens with one attached hydrogen (secondary N) is 1. The number of fused-ring (bicyclic) bond motifs is 2. The first kappa shape index (κ1) is 22.7. The van der Waals surface area contributed by atoms with Crippen molar-refractivity contribution < 1.29 is 27.0 Å². The third-order valence-corrected chi connectivity index (χ3v) is 7.14. The maximum Gasteiger partial charge on any atom is 0.267 e. The van der Waals surface area contributed by atoms with Gasteiger partial charge in [0.15, 0.2) is 9.84 Å². The molecular weight excluding hydrogens is 438 g/mol. The number of aromatic nitrogens is 2. The predicted molar refractivity (Wildman–Crippen MR) is 117 cm³/mol. The highest BCUT2D eigenvalue weighted by molar-refractivity contribution is 7.90. The molecule has 2 aromatic heterocycles. The predicted octanol–water partition coefficient (Wildman–Crippen LogP) is 3.81. The molecule has 6 nitrogen and oxygen atoms in total. The van der Waals surface area contributed by atoms with Gasteiger partial charge in [-0.1, -0.05) is 13.8 Å². The van der Waals surface area contributed by atoms with Crippen LogP contribution in [-0.2, 0) is 28.1 Å². The number of rotatable bonds is 7. The Morgan fingerprint density at radius 1 is 1.28 bits per heavy atom. The first-order chi connectivity index (χ1) is 14.9. The number of benzene rings is 1. The highest BCUT2D eigenvalue weighted by Crippen LogP contribution is 2.44. The molecule has 1 aliphatic rings. The van der Waals surface area contributed by atoms with Crippen LogP contribution in [0.5, 0.6) is 5.75 Å². The van der Waals surface area contributed by atoms with E-state index >= 15 is 0 Å². The first-order valence-electron chi connectivity index (χ1n) is 10.3. The van der Waals surface area contributed by atoms with Crippen molar-refractivity contribution >= 4 is 20.7 Å². The van der Waals surface area contributed by atoms with E-state index in [-0.39, 0.29) is 17.7 Å². The summed E-state index contributed by atoms with van der Waals surface area (Å²) in [4.78, 5) is 7.17. The number of H-pyrrole nitrogens is 1. The average Bonchev–Trinajstić information content (AvgIpc) is 3.31. The van der Waals surface area contributed by atoms with Crippen molar-refractivity contribution in [3.8, 4) is 5.75 Å². The van der Waals surface area contributed by atoms with Crippen LogP contribution in [0, 0.1) is 0 Å². The fourth-order valence-electron chi connectivity index (χ4n) is 4.53. The Labute approximate surface area is 185 Å². The lowest BCUT2D eigenvalue weighted by atomic mass is 9.73. The van der Waals surface area contributed by atoms with Crippen molar-refractivity contribution in [2.45, 2.75) is 55.4 Å². The quantitative estimate of drug-likeness (QED) is 0.555. The van der Waals surface area contributed by atoms with Gasteiger partial charge in [0.2, 0.25) is 0 Å². The van der Waals surface area contributed by atoms with Crippen LogP contribution in [0.15, 0.2) is 41.6 Å². The summed E-state index contributed by atoms with van der Waals surface area (Å²) in [7, 11) is -3.51. The van der Waals surface area contributed by atoms with Crippen LogP contribution < -0.4 is 4.74 Å². The van der Waals surface area contributed by atoms with Crippen molar-refractivity contribution in [3.63, 3.8) is 0 Å². The molecular formula is C23H26F2N2O4S. The highest BCUT2D eigenvalue weighted by atomic mass is 32.2. The average molecular weight is 465 g/mol. The van der Waals surface area contributed by atoms with Crippen molar-refractivity contribution in [1.82, 2.24) is 9.97 Å². The zero-order valence-electron chi connectivity index (χ0n) is 18.2. The van der Waals surface area contributed by atoms with Crippen molar-refractivity contribution in [3.05, 3.63) is 53.5 Å². The van der Waals surface area contributed by atoms with Crippen molar-refractivity contribution in [2.75, 3.05) is 12.9 Å². The summed E-state index contributed by atoms with van der Waals surface area (Å²) < 4.78 is 58.6. The molecule has 4 rings (SSSR count). The molecule has 172 valence electrons. The molecule has 0 saturated carbocycles. The normalized spacial score (nSPS) is 16.2.